The second-order valence-corrected chi connectivity index (χ2v) is 6.39. The highest BCUT2D eigenvalue weighted by Gasteiger charge is 2.37. The van der Waals surface area contributed by atoms with Gasteiger partial charge in [0.15, 0.2) is 0 Å². The fraction of sp³-hybridized carbons (Fsp3) is 0.500. The molecule has 0 aliphatic carbocycles. The molecule has 0 atom stereocenters. The Morgan fingerprint density at radius 1 is 1.17 bits per heavy atom. The van der Waals surface area contributed by atoms with Crippen LogP contribution in [-0.2, 0) is 11.2 Å². The number of nitrogens with zero attached hydrogens (tertiary/aromatic N) is 2. The van der Waals surface area contributed by atoms with Crippen LogP contribution >= 0.6 is 0 Å². The SMILES string of the molecule is CCCc1ccc(C(=O)N2CCC(N3C(=O)CNC3=O)CC2)cc1. The van der Waals surface area contributed by atoms with Crippen LogP contribution in [0.2, 0.25) is 0 Å². The Balaban J connectivity index is 1.59. The molecule has 1 aromatic rings. The lowest BCUT2D eigenvalue weighted by Crippen LogP contribution is -2.49. The molecule has 2 aliphatic rings. The molecule has 6 heteroatoms. The summed E-state index contributed by atoms with van der Waals surface area (Å²) in [6.07, 6.45) is 3.38. The van der Waals surface area contributed by atoms with E-state index in [9.17, 15) is 14.4 Å². The van der Waals surface area contributed by atoms with Gasteiger partial charge in [0.1, 0.15) is 0 Å². The number of carbonyl (C=O) groups is 3. The third-order valence-electron chi connectivity index (χ3n) is 4.73. The number of nitrogens with one attached hydrogen (secondary N) is 1. The van der Waals surface area contributed by atoms with E-state index in [1.165, 1.54) is 10.5 Å². The standard InChI is InChI=1S/C18H23N3O3/c1-2-3-13-4-6-14(7-5-13)17(23)20-10-8-15(9-11-20)21-16(22)12-19-18(21)24/h4-7,15H,2-3,8-12H2,1H3,(H,19,24). The molecule has 3 rings (SSSR count). The van der Waals surface area contributed by atoms with Crippen molar-refractivity contribution in [2.45, 2.75) is 38.6 Å². The maximum absolute atomic E-state index is 12.6. The van der Waals surface area contributed by atoms with Crippen LogP contribution in [0.3, 0.4) is 0 Å². The topological polar surface area (TPSA) is 69.7 Å². The lowest BCUT2D eigenvalue weighted by molar-refractivity contribution is -0.127. The summed E-state index contributed by atoms with van der Waals surface area (Å²) in [5.41, 5.74) is 1.94. The first-order chi connectivity index (χ1) is 11.6. The van der Waals surface area contributed by atoms with E-state index in [0.717, 1.165) is 12.8 Å². The highest BCUT2D eigenvalue weighted by molar-refractivity contribution is 6.02. The predicted octanol–water partition coefficient (Wildman–Crippen LogP) is 1.80. The van der Waals surface area contributed by atoms with Crippen LogP contribution in [0.15, 0.2) is 24.3 Å². The third-order valence-corrected chi connectivity index (χ3v) is 4.73. The summed E-state index contributed by atoms with van der Waals surface area (Å²) in [6.45, 7) is 3.35. The molecule has 1 aromatic carbocycles. The van der Waals surface area contributed by atoms with Crippen molar-refractivity contribution in [2.75, 3.05) is 19.6 Å². The summed E-state index contributed by atoms with van der Waals surface area (Å²) in [6, 6.07) is 7.38. The van der Waals surface area contributed by atoms with Gasteiger partial charge in [0.2, 0.25) is 5.91 Å². The summed E-state index contributed by atoms with van der Waals surface area (Å²) in [4.78, 5) is 39.2. The Kier molecular flexibility index (Phi) is 4.83. The number of urea groups is 1. The van der Waals surface area contributed by atoms with Crippen LogP contribution in [0.1, 0.15) is 42.1 Å². The van der Waals surface area contributed by atoms with Gasteiger partial charge in [-0.25, -0.2) is 4.79 Å². The molecule has 2 fully saturated rings. The number of hydrogen-bond donors (Lipinski definition) is 1. The van der Waals surface area contributed by atoms with Gasteiger partial charge in [-0.3, -0.25) is 14.5 Å². The first-order valence-electron chi connectivity index (χ1n) is 8.58. The van der Waals surface area contributed by atoms with Crippen molar-refractivity contribution >= 4 is 17.8 Å². The first-order valence-corrected chi connectivity index (χ1v) is 8.58. The number of benzene rings is 1. The second-order valence-electron chi connectivity index (χ2n) is 6.39. The molecule has 6 nitrogen and oxygen atoms in total. The lowest BCUT2D eigenvalue weighted by Gasteiger charge is -2.35. The van der Waals surface area contributed by atoms with E-state index in [2.05, 4.69) is 12.2 Å². The van der Waals surface area contributed by atoms with Gasteiger partial charge in [-0.2, -0.15) is 0 Å². The zero-order valence-electron chi connectivity index (χ0n) is 14.0. The highest BCUT2D eigenvalue weighted by Crippen LogP contribution is 2.20. The smallest absolute Gasteiger partial charge is 0.324 e. The number of carbonyl (C=O) groups excluding carboxylic acids is 3. The maximum Gasteiger partial charge on any atom is 0.324 e. The summed E-state index contributed by atoms with van der Waals surface area (Å²) in [5.74, 6) is -0.148. The summed E-state index contributed by atoms with van der Waals surface area (Å²) in [7, 11) is 0. The van der Waals surface area contributed by atoms with Crippen molar-refractivity contribution in [1.82, 2.24) is 15.1 Å². The molecule has 0 radical (unpaired) electrons. The van der Waals surface area contributed by atoms with Crippen molar-refractivity contribution < 1.29 is 14.4 Å². The number of aryl methyl sites for hydroxylation is 1. The fourth-order valence-electron chi connectivity index (χ4n) is 3.42. The number of amides is 4. The minimum atomic E-state index is -0.309. The molecule has 0 spiro atoms. The monoisotopic (exact) mass is 329 g/mol. The van der Waals surface area contributed by atoms with Gasteiger partial charge >= 0.3 is 6.03 Å². The Bertz CT molecular complexity index is 617. The minimum absolute atomic E-state index is 0.0219. The average Bonchev–Trinajstić information content (AvgIpc) is 2.94. The number of likely N-dealkylation sites (tertiary alicyclic amines) is 1. The van der Waals surface area contributed by atoms with Gasteiger partial charge in [-0.05, 0) is 37.0 Å². The van der Waals surface area contributed by atoms with Crippen LogP contribution in [0.5, 0.6) is 0 Å². The van der Waals surface area contributed by atoms with E-state index in [-0.39, 0.29) is 30.4 Å². The van der Waals surface area contributed by atoms with Crippen LogP contribution in [0, 0.1) is 0 Å². The first kappa shape index (κ1) is 16.5. The van der Waals surface area contributed by atoms with Gasteiger partial charge < -0.3 is 10.2 Å². The van der Waals surface area contributed by atoms with E-state index in [0.29, 0.717) is 31.5 Å². The Morgan fingerprint density at radius 2 is 1.83 bits per heavy atom. The molecule has 24 heavy (non-hydrogen) atoms. The normalized spacial score (nSPS) is 18.9. The molecule has 2 saturated heterocycles. The number of hydrogen-bond acceptors (Lipinski definition) is 3. The molecular formula is C18H23N3O3. The third kappa shape index (κ3) is 3.27. The largest absolute Gasteiger partial charge is 0.338 e. The van der Waals surface area contributed by atoms with E-state index in [4.69, 9.17) is 0 Å². The fourth-order valence-corrected chi connectivity index (χ4v) is 3.42. The minimum Gasteiger partial charge on any atom is -0.338 e. The molecular weight excluding hydrogens is 306 g/mol. The van der Waals surface area contributed by atoms with Gasteiger partial charge in [0, 0.05) is 24.7 Å². The van der Waals surface area contributed by atoms with Crippen molar-refractivity contribution in [3.05, 3.63) is 35.4 Å². The molecule has 0 bridgehead atoms. The number of imide groups is 1. The molecule has 2 heterocycles. The van der Waals surface area contributed by atoms with Gasteiger partial charge in [-0.15, -0.1) is 0 Å². The molecule has 128 valence electrons. The Morgan fingerprint density at radius 3 is 2.38 bits per heavy atom. The molecule has 0 saturated carbocycles. The van der Waals surface area contributed by atoms with E-state index in [1.54, 1.807) is 0 Å². The second kappa shape index (κ2) is 7.03. The summed E-state index contributed by atoms with van der Waals surface area (Å²) < 4.78 is 0. The number of rotatable bonds is 4. The maximum atomic E-state index is 12.6. The molecule has 0 unspecified atom stereocenters. The van der Waals surface area contributed by atoms with Crippen LogP contribution < -0.4 is 5.32 Å². The zero-order valence-corrected chi connectivity index (χ0v) is 14.0. The highest BCUT2D eigenvalue weighted by atomic mass is 16.2. The quantitative estimate of drug-likeness (QED) is 0.856. The van der Waals surface area contributed by atoms with Crippen molar-refractivity contribution in [3.63, 3.8) is 0 Å². The zero-order chi connectivity index (χ0) is 17.1. The van der Waals surface area contributed by atoms with Crippen LogP contribution in [0.4, 0.5) is 4.79 Å². The van der Waals surface area contributed by atoms with E-state index >= 15 is 0 Å². The summed E-state index contributed by atoms with van der Waals surface area (Å²) in [5, 5.41) is 2.55. The van der Waals surface area contributed by atoms with Gasteiger partial charge in [-0.1, -0.05) is 25.5 Å². The lowest BCUT2D eigenvalue weighted by atomic mass is 10.0. The number of piperidine rings is 1. The van der Waals surface area contributed by atoms with E-state index < -0.39 is 0 Å². The van der Waals surface area contributed by atoms with Crippen molar-refractivity contribution in [1.29, 1.82) is 0 Å². The van der Waals surface area contributed by atoms with Gasteiger partial charge in [0.05, 0.1) is 6.54 Å². The Hall–Kier alpha value is -2.37. The average molecular weight is 329 g/mol. The van der Waals surface area contributed by atoms with Crippen LogP contribution in [-0.4, -0.2) is 53.3 Å². The Labute approximate surface area is 141 Å². The predicted molar refractivity (Wildman–Crippen MR) is 89.6 cm³/mol. The van der Waals surface area contributed by atoms with Crippen molar-refractivity contribution in [3.8, 4) is 0 Å². The molecule has 2 aliphatic heterocycles. The molecule has 1 N–H and O–H groups in total. The molecule has 0 aromatic heterocycles. The summed E-state index contributed by atoms with van der Waals surface area (Å²) >= 11 is 0. The van der Waals surface area contributed by atoms with Crippen molar-refractivity contribution in [2.24, 2.45) is 0 Å². The van der Waals surface area contributed by atoms with E-state index in [1.807, 2.05) is 29.2 Å². The molecule has 4 amide bonds. The van der Waals surface area contributed by atoms with Gasteiger partial charge in [0.25, 0.3) is 5.91 Å². The van der Waals surface area contributed by atoms with Crippen LogP contribution in [0.25, 0.3) is 0 Å².